The smallest absolute Gasteiger partial charge is 0.367 e. The molecule has 0 atom stereocenters. The number of benzene rings is 1. The van der Waals surface area contributed by atoms with Gasteiger partial charge in [0.25, 0.3) is 0 Å². The molecule has 2 aromatic rings. The summed E-state index contributed by atoms with van der Waals surface area (Å²) in [6.45, 7) is 0. The van der Waals surface area contributed by atoms with E-state index in [1.807, 2.05) is 6.07 Å². The van der Waals surface area contributed by atoms with Gasteiger partial charge in [0.1, 0.15) is 10.8 Å². The monoisotopic (exact) mass is 299 g/mol. The van der Waals surface area contributed by atoms with E-state index in [0.29, 0.717) is 10.2 Å². The number of rotatable bonds is 2. The number of esters is 1. The third kappa shape index (κ3) is 2.20. The van der Waals surface area contributed by atoms with Crippen LogP contribution >= 0.6 is 27.5 Å². The molecule has 0 spiro atoms. The van der Waals surface area contributed by atoms with E-state index in [1.54, 1.807) is 18.2 Å². The molecule has 0 unspecified atom stereocenters. The fourth-order valence-electron chi connectivity index (χ4n) is 1.01. The summed E-state index contributed by atoms with van der Waals surface area (Å²) in [5.41, 5.74) is 5.56. The summed E-state index contributed by atoms with van der Waals surface area (Å²) < 4.78 is 9.35. The summed E-state index contributed by atoms with van der Waals surface area (Å²) in [6, 6.07) is 7.01. The Labute approximate surface area is 104 Å². The van der Waals surface area contributed by atoms with Gasteiger partial charge in [-0.05, 0) is 28.1 Å². The van der Waals surface area contributed by atoms with Crippen LogP contribution < -0.4 is 10.5 Å². The Morgan fingerprint density at radius 2 is 2.19 bits per heavy atom. The van der Waals surface area contributed by atoms with Gasteiger partial charge in [-0.3, -0.25) is 0 Å². The molecule has 0 saturated carbocycles. The van der Waals surface area contributed by atoms with Gasteiger partial charge in [-0.15, -0.1) is 5.10 Å². The van der Waals surface area contributed by atoms with Crippen LogP contribution in [0.5, 0.6) is 5.75 Å². The van der Waals surface area contributed by atoms with Crippen LogP contribution in [0.1, 0.15) is 10.5 Å². The predicted octanol–water partition coefficient (Wildman–Crippen LogP) is 2.10. The number of carbonyl (C=O) groups is 1. The van der Waals surface area contributed by atoms with Crippen molar-refractivity contribution in [3.8, 4) is 5.75 Å². The minimum Gasteiger partial charge on any atom is -0.420 e. The van der Waals surface area contributed by atoms with E-state index >= 15 is 0 Å². The number of nitrogens with zero attached hydrogens (tertiary/aromatic N) is 2. The van der Waals surface area contributed by atoms with E-state index in [-0.39, 0.29) is 10.7 Å². The molecule has 1 aromatic carbocycles. The minimum absolute atomic E-state index is 0.0424. The largest absolute Gasteiger partial charge is 0.420 e. The molecule has 0 aliphatic carbocycles. The Morgan fingerprint density at radius 1 is 1.44 bits per heavy atom. The standard InChI is InChI=1S/C9H6BrN3O2S/c10-5-3-1-2-4-6(5)15-9(14)7-8(11)16-13-12-7/h1-4H,11H2. The van der Waals surface area contributed by atoms with Gasteiger partial charge in [-0.1, -0.05) is 16.6 Å². The first-order valence-electron chi connectivity index (χ1n) is 4.23. The van der Waals surface area contributed by atoms with Crippen LogP contribution in [0, 0.1) is 0 Å². The lowest BCUT2D eigenvalue weighted by Crippen LogP contribution is -2.11. The summed E-state index contributed by atoms with van der Waals surface area (Å²) in [6.07, 6.45) is 0. The van der Waals surface area contributed by atoms with Crippen molar-refractivity contribution >= 4 is 38.4 Å². The second-order valence-corrected chi connectivity index (χ2v) is 4.45. The molecule has 0 aliphatic heterocycles. The summed E-state index contributed by atoms with van der Waals surface area (Å²) >= 11 is 4.22. The molecule has 2 N–H and O–H groups in total. The quantitative estimate of drug-likeness (QED) is 0.679. The number of ether oxygens (including phenoxy) is 1. The van der Waals surface area contributed by atoms with Crippen molar-refractivity contribution < 1.29 is 9.53 Å². The third-order valence-corrected chi connectivity index (χ3v) is 2.95. The fourth-order valence-corrected chi connectivity index (χ4v) is 1.80. The Balaban J connectivity index is 2.21. The molecule has 16 heavy (non-hydrogen) atoms. The summed E-state index contributed by atoms with van der Waals surface area (Å²) in [5.74, 6) is -0.196. The summed E-state index contributed by atoms with van der Waals surface area (Å²) in [4.78, 5) is 11.6. The summed E-state index contributed by atoms with van der Waals surface area (Å²) in [5, 5.41) is 3.84. The lowest BCUT2D eigenvalue weighted by atomic mass is 10.3. The van der Waals surface area contributed by atoms with E-state index in [4.69, 9.17) is 10.5 Å². The molecule has 2 rings (SSSR count). The fraction of sp³-hybridized carbons (Fsp3) is 0. The van der Waals surface area contributed by atoms with E-state index < -0.39 is 5.97 Å². The normalized spacial score (nSPS) is 10.1. The average Bonchev–Trinajstić information content (AvgIpc) is 2.68. The first-order valence-corrected chi connectivity index (χ1v) is 5.79. The highest BCUT2D eigenvalue weighted by Gasteiger charge is 2.17. The van der Waals surface area contributed by atoms with Gasteiger partial charge in [-0.2, -0.15) is 0 Å². The topological polar surface area (TPSA) is 78.1 Å². The molecule has 0 fully saturated rings. The maximum absolute atomic E-state index is 11.6. The average molecular weight is 300 g/mol. The van der Waals surface area contributed by atoms with Crippen LogP contribution in [-0.4, -0.2) is 15.6 Å². The molecule has 5 nitrogen and oxygen atoms in total. The lowest BCUT2D eigenvalue weighted by molar-refractivity contribution is 0.0728. The van der Waals surface area contributed by atoms with Gasteiger partial charge in [-0.25, -0.2) is 4.79 Å². The van der Waals surface area contributed by atoms with Crippen LogP contribution in [0.4, 0.5) is 5.00 Å². The minimum atomic E-state index is -0.613. The van der Waals surface area contributed by atoms with Crippen molar-refractivity contribution in [1.82, 2.24) is 9.59 Å². The number of carbonyl (C=O) groups excluding carboxylic acids is 1. The van der Waals surface area contributed by atoms with Gasteiger partial charge in [0, 0.05) is 11.5 Å². The van der Waals surface area contributed by atoms with E-state index in [9.17, 15) is 4.79 Å². The zero-order valence-electron chi connectivity index (χ0n) is 7.88. The summed E-state index contributed by atoms with van der Waals surface area (Å²) in [7, 11) is 0. The Bertz CT molecular complexity index is 529. The maximum atomic E-state index is 11.6. The number of anilines is 1. The SMILES string of the molecule is Nc1snnc1C(=O)Oc1ccccc1Br. The predicted molar refractivity (Wildman–Crippen MR) is 63.4 cm³/mol. The second kappa shape index (κ2) is 4.58. The van der Waals surface area contributed by atoms with Crippen molar-refractivity contribution in [3.63, 3.8) is 0 Å². The van der Waals surface area contributed by atoms with Gasteiger partial charge in [0.05, 0.1) is 4.47 Å². The van der Waals surface area contributed by atoms with E-state index in [2.05, 4.69) is 25.5 Å². The highest BCUT2D eigenvalue weighted by molar-refractivity contribution is 9.10. The van der Waals surface area contributed by atoms with E-state index in [0.717, 1.165) is 11.5 Å². The Morgan fingerprint density at radius 3 is 2.81 bits per heavy atom. The molecule has 0 saturated heterocycles. The zero-order valence-corrected chi connectivity index (χ0v) is 10.3. The van der Waals surface area contributed by atoms with E-state index in [1.165, 1.54) is 0 Å². The highest BCUT2D eigenvalue weighted by atomic mass is 79.9. The van der Waals surface area contributed by atoms with Crippen LogP contribution in [0.15, 0.2) is 28.7 Å². The van der Waals surface area contributed by atoms with Crippen molar-refractivity contribution in [2.24, 2.45) is 0 Å². The first-order chi connectivity index (χ1) is 7.68. The van der Waals surface area contributed by atoms with Gasteiger partial charge < -0.3 is 10.5 Å². The maximum Gasteiger partial charge on any atom is 0.367 e. The molecule has 0 bridgehead atoms. The number of hydrogen-bond donors (Lipinski definition) is 1. The van der Waals surface area contributed by atoms with Crippen LogP contribution in [-0.2, 0) is 0 Å². The van der Waals surface area contributed by atoms with Crippen LogP contribution in [0.25, 0.3) is 0 Å². The van der Waals surface area contributed by atoms with Crippen LogP contribution in [0.2, 0.25) is 0 Å². The Hall–Kier alpha value is -1.47. The highest BCUT2D eigenvalue weighted by Crippen LogP contribution is 2.25. The number of nitrogen functional groups attached to an aromatic ring is 1. The molecule has 1 aromatic heterocycles. The van der Waals surface area contributed by atoms with Gasteiger partial charge in [0.2, 0.25) is 5.69 Å². The molecule has 7 heteroatoms. The van der Waals surface area contributed by atoms with Gasteiger partial charge in [0.15, 0.2) is 0 Å². The van der Waals surface area contributed by atoms with Crippen molar-refractivity contribution in [2.45, 2.75) is 0 Å². The van der Waals surface area contributed by atoms with Crippen molar-refractivity contribution in [1.29, 1.82) is 0 Å². The number of nitrogens with two attached hydrogens (primary N) is 1. The number of hydrogen-bond acceptors (Lipinski definition) is 6. The molecule has 0 amide bonds. The Kier molecular flexibility index (Phi) is 3.16. The van der Waals surface area contributed by atoms with Crippen molar-refractivity contribution in [2.75, 3.05) is 5.73 Å². The first kappa shape index (κ1) is 11.0. The molecule has 1 heterocycles. The number of halogens is 1. The second-order valence-electron chi connectivity index (χ2n) is 2.81. The number of para-hydroxylation sites is 1. The number of aromatic nitrogens is 2. The molecule has 0 radical (unpaired) electrons. The molecular weight excluding hydrogens is 294 g/mol. The third-order valence-electron chi connectivity index (χ3n) is 1.75. The van der Waals surface area contributed by atoms with Crippen LogP contribution in [0.3, 0.4) is 0 Å². The lowest BCUT2D eigenvalue weighted by Gasteiger charge is -2.03. The van der Waals surface area contributed by atoms with Crippen molar-refractivity contribution in [3.05, 3.63) is 34.4 Å². The molecule has 82 valence electrons. The van der Waals surface area contributed by atoms with Gasteiger partial charge >= 0.3 is 5.97 Å². The molecule has 0 aliphatic rings. The molecular formula is C9H6BrN3O2S. The zero-order chi connectivity index (χ0) is 11.5.